The van der Waals surface area contributed by atoms with E-state index in [1.807, 2.05) is 39.2 Å². The first kappa shape index (κ1) is 13.2. The van der Waals surface area contributed by atoms with E-state index in [4.69, 9.17) is 11.6 Å². The van der Waals surface area contributed by atoms with Gasteiger partial charge in [-0.25, -0.2) is 0 Å². The van der Waals surface area contributed by atoms with Crippen LogP contribution in [0.4, 0.5) is 5.82 Å². The summed E-state index contributed by atoms with van der Waals surface area (Å²) < 4.78 is 3.09. The Bertz CT molecular complexity index is 467. The SMILES string of the molecule is CC.CSNc1n[nH]c2c(C)ccc(Cl)c12. The van der Waals surface area contributed by atoms with Gasteiger partial charge in [-0.1, -0.05) is 43.5 Å². The second-order valence-corrected chi connectivity index (χ2v) is 4.01. The maximum absolute atomic E-state index is 6.10. The molecular weight excluding hydrogens is 242 g/mol. The molecule has 3 nitrogen and oxygen atoms in total. The van der Waals surface area contributed by atoms with Crippen LogP contribution in [0.5, 0.6) is 0 Å². The molecular formula is C11H16ClN3S. The summed E-state index contributed by atoms with van der Waals surface area (Å²) in [5.41, 5.74) is 2.14. The van der Waals surface area contributed by atoms with Crippen LogP contribution >= 0.6 is 23.5 Å². The number of nitrogens with one attached hydrogen (secondary N) is 2. The molecule has 0 amide bonds. The number of hydrogen-bond donors (Lipinski definition) is 2. The summed E-state index contributed by atoms with van der Waals surface area (Å²) in [7, 11) is 0. The second-order valence-electron chi connectivity index (χ2n) is 2.99. The van der Waals surface area contributed by atoms with E-state index in [-0.39, 0.29) is 0 Å². The average molecular weight is 258 g/mol. The third-order valence-electron chi connectivity index (χ3n) is 2.08. The normalized spacial score (nSPS) is 9.81. The van der Waals surface area contributed by atoms with E-state index in [9.17, 15) is 0 Å². The van der Waals surface area contributed by atoms with Gasteiger partial charge in [-0.3, -0.25) is 5.10 Å². The fourth-order valence-corrected chi connectivity index (χ4v) is 1.98. The number of anilines is 1. The summed E-state index contributed by atoms with van der Waals surface area (Å²) >= 11 is 7.60. The van der Waals surface area contributed by atoms with Crippen LogP contribution in [-0.2, 0) is 0 Å². The van der Waals surface area contributed by atoms with Crippen molar-refractivity contribution in [3.63, 3.8) is 0 Å². The summed E-state index contributed by atoms with van der Waals surface area (Å²) in [6.07, 6.45) is 1.95. The van der Waals surface area contributed by atoms with Crippen LogP contribution in [0, 0.1) is 6.92 Å². The van der Waals surface area contributed by atoms with Gasteiger partial charge in [0.25, 0.3) is 0 Å². The van der Waals surface area contributed by atoms with Crippen molar-refractivity contribution in [2.24, 2.45) is 0 Å². The first-order chi connectivity index (χ1) is 7.74. The predicted octanol–water partition coefficient (Wildman–Crippen LogP) is 4.24. The lowest BCUT2D eigenvalue weighted by Crippen LogP contribution is -1.85. The van der Waals surface area contributed by atoms with Crippen LogP contribution in [0.2, 0.25) is 5.02 Å². The highest BCUT2D eigenvalue weighted by Gasteiger charge is 2.10. The highest BCUT2D eigenvalue weighted by Crippen LogP contribution is 2.31. The minimum Gasteiger partial charge on any atom is -0.313 e. The summed E-state index contributed by atoms with van der Waals surface area (Å²) in [4.78, 5) is 0. The van der Waals surface area contributed by atoms with E-state index in [2.05, 4.69) is 14.9 Å². The van der Waals surface area contributed by atoms with E-state index in [1.165, 1.54) is 11.9 Å². The summed E-state index contributed by atoms with van der Waals surface area (Å²) in [5, 5.41) is 8.81. The molecule has 1 aromatic carbocycles. The topological polar surface area (TPSA) is 40.7 Å². The number of hydrogen-bond acceptors (Lipinski definition) is 3. The van der Waals surface area contributed by atoms with Gasteiger partial charge in [0.2, 0.25) is 0 Å². The van der Waals surface area contributed by atoms with E-state index < -0.39 is 0 Å². The van der Waals surface area contributed by atoms with Gasteiger partial charge < -0.3 is 4.72 Å². The van der Waals surface area contributed by atoms with E-state index in [0.29, 0.717) is 0 Å². The van der Waals surface area contributed by atoms with Gasteiger partial charge in [0.15, 0.2) is 5.82 Å². The molecule has 1 heterocycles. The number of aromatic amines is 1. The third kappa shape index (κ3) is 2.44. The molecule has 16 heavy (non-hydrogen) atoms. The molecule has 0 fully saturated rings. The number of fused-ring (bicyclic) bond motifs is 1. The number of H-pyrrole nitrogens is 1. The molecule has 2 N–H and O–H groups in total. The molecule has 0 spiro atoms. The smallest absolute Gasteiger partial charge is 0.167 e. The van der Waals surface area contributed by atoms with Crippen molar-refractivity contribution in [2.45, 2.75) is 20.8 Å². The van der Waals surface area contributed by atoms with Crippen molar-refractivity contribution in [3.8, 4) is 0 Å². The zero-order valence-electron chi connectivity index (χ0n) is 9.89. The quantitative estimate of drug-likeness (QED) is 0.791. The Hall–Kier alpha value is -0.870. The van der Waals surface area contributed by atoms with Gasteiger partial charge in [-0.15, -0.1) is 0 Å². The molecule has 0 aliphatic heterocycles. The molecule has 0 aliphatic rings. The first-order valence-corrected chi connectivity index (χ1v) is 6.76. The standard InChI is InChI=1S/C9H10ClN3S.C2H6/c1-5-3-4-6(10)7-8(5)11-12-9(7)13-14-2;1-2/h3-4H,1-2H3,(H2,11,12,13);1-2H3. The second kappa shape index (κ2) is 6.01. The monoisotopic (exact) mass is 257 g/mol. The predicted molar refractivity (Wildman–Crippen MR) is 74.3 cm³/mol. The zero-order valence-corrected chi connectivity index (χ0v) is 11.5. The molecule has 0 bridgehead atoms. The van der Waals surface area contributed by atoms with Crippen molar-refractivity contribution in [2.75, 3.05) is 11.0 Å². The Kier molecular flexibility index (Phi) is 4.96. The molecule has 0 aliphatic carbocycles. The molecule has 2 rings (SSSR count). The Morgan fingerprint density at radius 1 is 1.38 bits per heavy atom. The lowest BCUT2D eigenvalue weighted by molar-refractivity contribution is 1.12. The van der Waals surface area contributed by atoms with Gasteiger partial charge in [0.1, 0.15) is 0 Å². The van der Waals surface area contributed by atoms with Gasteiger partial charge in [-0.05, 0) is 18.6 Å². The maximum atomic E-state index is 6.10. The Labute approximate surface area is 105 Å². The maximum Gasteiger partial charge on any atom is 0.167 e. The van der Waals surface area contributed by atoms with Crippen molar-refractivity contribution in [1.82, 2.24) is 10.2 Å². The van der Waals surface area contributed by atoms with Crippen LogP contribution in [-0.4, -0.2) is 16.5 Å². The van der Waals surface area contributed by atoms with Crippen LogP contribution in [0.3, 0.4) is 0 Å². The lowest BCUT2D eigenvalue weighted by Gasteiger charge is -2.00. The molecule has 5 heteroatoms. The van der Waals surface area contributed by atoms with Gasteiger partial charge in [-0.2, -0.15) is 5.10 Å². The largest absolute Gasteiger partial charge is 0.313 e. The third-order valence-corrected chi connectivity index (χ3v) is 2.79. The Morgan fingerprint density at radius 3 is 2.69 bits per heavy atom. The molecule has 0 saturated carbocycles. The Balaban J connectivity index is 0.000000606. The summed E-state index contributed by atoms with van der Waals surface area (Å²) in [6.45, 7) is 6.03. The summed E-state index contributed by atoms with van der Waals surface area (Å²) in [5.74, 6) is 0.793. The highest BCUT2D eigenvalue weighted by molar-refractivity contribution is 7.99. The molecule has 88 valence electrons. The molecule has 2 aromatic rings. The number of halogens is 1. The molecule has 1 aromatic heterocycles. The Morgan fingerprint density at radius 2 is 2.06 bits per heavy atom. The molecule has 0 unspecified atom stereocenters. The fraction of sp³-hybridized carbons (Fsp3) is 0.364. The average Bonchev–Trinajstić information content (AvgIpc) is 2.72. The van der Waals surface area contributed by atoms with Crippen LogP contribution < -0.4 is 4.72 Å². The van der Waals surface area contributed by atoms with Gasteiger partial charge in [0, 0.05) is 6.26 Å². The number of aryl methyl sites for hydroxylation is 1. The van der Waals surface area contributed by atoms with E-state index in [0.717, 1.165) is 27.3 Å². The summed E-state index contributed by atoms with van der Waals surface area (Å²) in [6, 6.07) is 3.87. The van der Waals surface area contributed by atoms with Crippen molar-refractivity contribution in [1.29, 1.82) is 0 Å². The lowest BCUT2D eigenvalue weighted by atomic mass is 10.1. The fourth-order valence-electron chi connectivity index (χ4n) is 1.40. The number of benzene rings is 1. The van der Waals surface area contributed by atoms with Crippen LogP contribution in [0.25, 0.3) is 10.9 Å². The molecule has 0 radical (unpaired) electrons. The first-order valence-electron chi connectivity index (χ1n) is 5.16. The minimum atomic E-state index is 0.718. The van der Waals surface area contributed by atoms with E-state index >= 15 is 0 Å². The van der Waals surface area contributed by atoms with Crippen LogP contribution in [0.15, 0.2) is 12.1 Å². The zero-order chi connectivity index (χ0) is 12.1. The number of nitrogens with zero attached hydrogens (tertiary/aromatic N) is 1. The van der Waals surface area contributed by atoms with Crippen molar-refractivity contribution < 1.29 is 0 Å². The van der Waals surface area contributed by atoms with Crippen molar-refractivity contribution in [3.05, 3.63) is 22.7 Å². The minimum absolute atomic E-state index is 0.718. The number of rotatable bonds is 2. The van der Waals surface area contributed by atoms with Gasteiger partial charge in [0.05, 0.1) is 15.9 Å². The van der Waals surface area contributed by atoms with E-state index in [1.54, 1.807) is 0 Å². The van der Waals surface area contributed by atoms with Crippen molar-refractivity contribution >= 4 is 40.3 Å². The highest BCUT2D eigenvalue weighted by atomic mass is 35.5. The molecule has 0 atom stereocenters. The van der Waals surface area contributed by atoms with Crippen LogP contribution in [0.1, 0.15) is 19.4 Å². The van der Waals surface area contributed by atoms with Gasteiger partial charge >= 0.3 is 0 Å². The number of aromatic nitrogens is 2. The molecule has 0 saturated heterocycles.